The lowest BCUT2D eigenvalue weighted by molar-refractivity contribution is 0.867. The predicted octanol–water partition coefficient (Wildman–Crippen LogP) is 10.3. The third-order valence-electron chi connectivity index (χ3n) is 7.02. The Morgan fingerprint density at radius 1 is 0.417 bits per heavy atom. The Bertz CT molecular complexity index is 1560. The van der Waals surface area contributed by atoms with Crippen LogP contribution < -0.4 is 4.90 Å². The number of rotatable bonds is 5. The summed E-state index contributed by atoms with van der Waals surface area (Å²) >= 11 is 0. The molecule has 6 aromatic carbocycles. The van der Waals surface area contributed by atoms with E-state index in [-0.39, 0.29) is 0 Å². The molecule has 1 nitrogen and oxygen atoms in total. The molecule has 0 atom stereocenters. The van der Waals surface area contributed by atoms with Crippen LogP contribution >= 0.6 is 0 Å². The van der Waals surface area contributed by atoms with Crippen LogP contribution in [0.3, 0.4) is 0 Å². The lowest BCUT2D eigenvalue weighted by atomic mass is 9.98. The van der Waals surface area contributed by atoms with Gasteiger partial charge in [0, 0.05) is 17.1 Å². The molecule has 0 bridgehead atoms. The molecule has 0 saturated heterocycles. The van der Waals surface area contributed by atoms with Crippen molar-refractivity contribution in [1.82, 2.24) is 0 Å². The highest BCUT2D eigenvalue weighted by Crippen LogP contribution is 2.38. The van der Waals surface area contributed by atoms with Gasteiger partial charge < -0.3 is 4.90 Å². The molecule has 0 amide bonds. The van der Waals surface area contributed by atoms with E-state index in [0.717, 1.165) is 17.1 Å². The molecule has 0 aliphatic heterocycles. The zero-order valence-electron chi connectivity index (χ0n) is 20.7. The molecule has 6 rings (SSSR count). The van der Waals surface area contributed by atoms with Crippen molar-refractivity contribution in [3.05, 3.63) is 139 Å². The van der Waals surface area contributed by atoms with Gasteiger partial charge in [0.2, 0.25) is 0 Å². The quantitative estimate of drug-likeness (QED) is 0.246. The van der Waals surface area contributed by atoms with Gasteiger partial charge in [-0.1, -0.05) is 111 Å². The van der Waals surface area contributed by atoms with Crippen LogP contribution in [0.15, 0.2) is 133 Å². The molecule has 36 heavy (non-hydrogen) atoms. The van der Waals surface area contributed by atoms with Gasteiger partial charge in [0.15, 0.2) is 0 Å². The molecular formula is C35H29N. The third kappa shape index (κ3) is 4.25. The van der Waals surface area contributed by atoms with Crippen LogP contribution in [0.25, 0.3) is 32.7 Å². The summed E-state index contributed by atoms with van der Waals surface area (Å²) in [7, 11) is 0. The van der Waals surface area contributed by atoms with Crippen molar-refractivity contribution in [2.75, 3.05) is 4.90 Å². The molecule has 0 unspecified atom stereocenters. The fourth-order valence-corrected chi connectivity index (χ4v) is 4.94. The standard InChI is InChI=1S/C35H29N/c1-25(2)26-11-13-29(14-12-26)30-15-19-33(20-16-30)36(34-21-17-27-7-3-5-9-31(27)23-34)35-22-18-28-8-4-6-10-32(28)24-35/h3-25H,1-2H3. The number of nitrogens with zero attached hydrogens (tertiary/aromatic N) is 1. The van der Waals surface area contributed by atoms with E-state index in [2.05, 4.69) is 152 Å². The smallest absolute Gasteiger partial charge is 0.0468 e. The average Bonchev–Trinajstić information content (AvgIpc) is 2.93. The van der Waals surface area contributed by atoms with E-state index < -0.39 is 0 Å². The summed E-state index contributed by atoms with van der Waals surface area (Å²) in [5.74, 6) is 0.541. The van der Waals surface area contributed by atoms with Gasteiger partial charge in [-0.3, -0.25) is 0 Å². The molecule has 6 aromatic rings. The van der Waals surface area contributed by atoms with Crippen molar-refractivity contribution < 1.29 is 0 Å². The second-order valence-electron chi connectivity index (χ2n) is 9.72. The Kier molecular flexibility index (Phi) is 5.75. The molecule has 0 heterocycles. The highest BCUT2D eigenvalue weighted by Gasteiger charge is 2.14. The van der Waals surface area contributed by atoms with E-state index in [4.69, 9.17) is 0 Å². The van der Waals surface area contributed by atoms with Gasteiger partial charge in [0.1, 0.15) is 0 Å². The van der Waals surface area contributed by atoms with E-state index >= 15 is 0 Å². The van der Waals surface area contributed by atoms with Crippen LogP contribution in [-0.2, 0) is 0 Å². The summed E-state index contributed by atoms with van der Waals surface area (Å²) in [5, 5.41) is 4.98. The summed E-state index contributed by atoms with van der Waals surface area (Å²) in [5.41, 5.74) is 7.29. The number of fused-ring (bicyclic) bond motifs is 2. The lowest BCUT2D eigenvalue weighted by Crippen LogP contribution is -2.09. The van der Waals surface area contributed by atoms with Crippen LogP contribution in [0.5, 0.6) is 0 Å². The summed E-state index contributed by atoms with van der Waals surface area (Å²) in [6.07, 6.45) is 0. The molecule has 1 heteroatoms. The molecule has 0 N–H and O–H groups in total. The van der Waals surface area contributed by atoms with Crippen molar-refractivity contribution >= 4 is 38.6 Å². The first-order valence-electron chi connectivity index (χ1n) is 12.6. The molecule has 0 fully saturated rings. The highest BCUT2D eigenvalue weighted by atomic mass is 15.1. The number of benzene rings is 6. The van der Waals surface area contributed by atoms with Crippen LogP contribution in [0.1, 0.15) is 25.3 Å². The fraction of sp³-hybridized carbons (Fsp3) is 0.0857. The molecule has 0 aromatic heterocycles. The second-order valence-corrected chi connectivity index (χ2v) is 9.72. The minimum atomic E-state index is 0.541. The highest BCUT2D eigenvalue weighted by molar-refractivity contribution is 5.92. The number of anilines is 3. The van der Waals surface area contributed by atoms with Gasteiger partial charge in [-0.2, -0.15) is 0 Å². The van der Waals surface area contributed by atoms with Crippen molar-refractivity contribution in [3.8, 4) is 11.1 Å². The van der Waals surface area contributed by atoms with Gasteiger partial charge in [0.05, 0.1) is 0 Å². The van der Waals surface area contributed by atoms with Crippen LogP contribution in [0.2, 0.25) is 0 Å². The largest absolute Gasteiger partial charge is 0.310 e. The van der Waals surface area contributed by atoms with E-state index in [1.807, 2.05) is 0 Å². The topological polar surface area (TPSA) is 3.24 Å². The second kappa shape index (κ2) is 9.36. The lowest BCUT2D eigenvalue weighted by Gasteiger charge is -2.26. The molecule has 0 radical (unpaired) electrons. The van der Waals surface area contributed by atoms with Gasteiger partial charge in [-0.15, -0.1) is 0 Å². The van der Waals surface area contributed by atoms with Crippen molar-refractivity contribution in [3.63, 3.8) is 0 Å². The maximum Gasteiger partial charge on any atom is 0.0468 e. The normalized spacial score (nSPS) is 11.3. The summed E-state index contributed by atoms with van der Waals surface area (Å²) in [6, 6.07) is 48.4. The van der Waals surface area contributed by atoms with Gasteiger partial charge in [-0.25, -0.2) is 0 Å². The molecule has 0 spiro atoms. The van der Waals surface area contributed by atoms with Gasteiger partial charge in [-0.05, 0) is 80.6 Å². The minimum absolute atomic E-state index is 0.541. The first kappa shape index (κ1) is 22.1. The minimum Gasteiger partial charge on any atom is -0.310 e. The Hall–Kier alpha value is -4.36. The maximum absolute atomic E-state index is 2.35. The van der Waals surface area contributed by atoms with E-state index in [0.29, 0.717) is 5.92 Å². The molecular weight excluding hydrogens is 434 g/mol. The first-order valence-corrected chi connectivity index (χ1v) is 12.6. The monoisotopic (exact) mass is 463 g/mol. The first-order chi connectivity index (χ1) is 17.7. The Morgan fingerprint density at radius 3 is 1.31 bits per heavy atom. The zero-order valence-corrected chi connectivity index (χ0v) is 20.7. The van der Waals surface area contributed by atoms with Crippen molar-refractivity contribution in [2.45, 2.75) is 19.8 Å². The Labute approximate surface area is 213 Å². The van der Waals surface area contributed by atoms with E-state index in [9.17, 15) is 0 Å². The molecule has 0 aliphatic rings. The summed E-state index contributed by atoms with van der Waals surface area (Å²) < 4.78 is 0. The third-order valence-corrected chi connectivity index (χ3v) is 7.02. The van der Waals surface area contributed by atoms with E-state index in [1.165, 1.54) is 38.2 Å². The summed E-state index contributed by atoms with van der Waals surface area (Å²) in [6.45, 7) is 4.47. The average molecular weight is 464 g/mol. The Balaban J connectivity index is 1.44. The summed E-state index contributed by atoms with van der Waals surface area (Å²) in [4.78, 5) is 2.35. The fourth-order valence-electron chi connectivity index (χ4n) is 4.94. The van der Waals surface area contributed by atoms with Crippen LogP contribution in [0, 0.1) is 0 Å². The van der Waals surface area contributed by atoms with Crippen LogP contribution in [-0.4, -0.2) is 0 Å². The number of hydrogen-bond donors (Lipinski definition) is 0. The predicted molar refractivity (Wildman–Crippen MR) is 156 cm³/mol. The van der Waals surface area contributed by atoms with Gasteiger partial charge in [0.25, 0.3) is 0 Å². The van der Waals surface area contributed by atoms with Crippen LogP contribution in [0.4, 0.5) is 17.1 Å². The molecule has 0 aliphatic carbocycles. The molecule has 174 valence electrons. The molecule has 0 saturated carbocycles. The zero-order chi connectivity index (χ0) is 24.5. The van der Waals surface area contributed by atoms with Gasteiger partial charge >= 0.3 is 0 Å². The number of hydrogen-bond acceptors (Lipinski definition) is 1. The Morgan fingerprint density at radius 2 is 0.833 bits per heavy atom. The van der Waals surface area contributed by atoms with Crippen molar-refractivity contribution in [2.24, 2.45) is 0 Å². The SMILES string of the molecule is CC(C)c1ccc(-c2ccc(N(c3ccc4ccccc4c3)c3ccc4ccccc4c3)cc2)cc1. The van der Waals surface area contributed by atoms with Crippen molar-refractivity contribution in [1.29, 1.82) is 0 Å². The van der Waals surface area contributed by atoms with E-state index in [1.54, 1.807) is 0 Å². The maximum atomic E-state index is 2.35.